The van der Waals surface area contributed by atoms with Gasteiger partial charge in [-0.25, -0.2) is 9.07 Å². The highest BCUT2D eigenvalue weighted by Gasteiger charge is 2.23. The molecule has 2 heterocycles. The van der Waals surface area contributed by atoms with Crippen molar-refractivity contribution in [1.29, 1.82) is 0 Å². The van der Waals surface area contributed by atoms with Gasteiger partial charge in [0.05, 0.1) is 11.4 Å². The SMILES string of the molecule is CC(C)c1nn(-c2ccccc2F)c2c1CNCC2. The predicted molar refractivity (Wildman–Crippen MR) is 73.0 cm³/mol. The van der Waals surface area contributed by atoms with E-state index in [1.807, 2.05) is 6.07 Å². The van der Waals surface area contributed by atoms with Gasteiger partial charge >= 0.3 is 0 Å². The number of hydrogen-bond acceptors (Lipinski definition) is 2. The topological polar surface area (TPSA) is 29.9 Å². The second kappa shape index (κ2) is 4.78. The fourth-order valence-corrected chi connectivity index (χ4v) is 2.66. The highest BCUT2D eigenvalue weighted by molar-refractivity contribution is 5.40. The van der Waals surface area contributed by atoms with Gasteiger partial charge in [0, 0.05) is 25.1 Å². The number of hydrogen-bond donors (Lipinski definition) is 1. The van der Waals surface area contributed by atoms with E-state index in [1.54, 1.807) is 16.8 Å². The molecule has 1 aromatic heterocycles. The zero-order valence-electron chi connectivity index (χ0n) is 11.3. The minimum absolute atomic E-state index is 0.221. The zero-order valence-corrected chi connectivity index (χ0v) is 11.3. The molecule has 2 aromatic rings. The van der Waals surface area contributed by atoms with Gasteiger partial charge in [-0.3, -0.25) is 0 Å². The van der Waals surface area contributed by atoms with Gasteiger partial charge in [0.2, 0.25) is 0 Å². The Hall–Kier alpha value is -1.68. The van der Waals surface area contributed by atoms with E-state index in [0.29, 0.717) is 11.6 Å². The van der Waals surface area contributed by atoms with Crippen LogP contribution >= 0.6 is 0 Å². The largest absolute Gasteiger partial charge is 0.312 e. The van der Waals surface area contributed by atoms with Crippen molar-refractivity contribution in [2.75, 3.05) is 6.54 Å². The van der Waals surface area contributed by atoms with Crippen LogP contribution in [0.4, 0.5) is 4.39 Å². The van der Waals surface area contributed by atoms with E-state index in [-0.39, 0.29) is 5.82 Å². The minimum atomic E-state index is -0.221. The Morgan fingerprint density at radius 1 is 1.32 bits per heavy atom. The number of nitrogens with zero attached hydrogens (tertiary/aromatic N) is 2. The first-order chi connectivity index (χ1) is 9.18. The van der Waals surface area contributed by atoms with E-state index in [4.69, 9.17) is 0 Å². The van der Waals surface area contributed by atoms with Crippen molar-refractivity contribution >= 4 is 0 Å². The summed E-state index contributed by atoms with van der Waals surface area (Å²) in [6.07, 6.45) is 0.892. The van der Waals surface area contributed by atoms with Gasteiger partial charge in [-0.05, 0) is 18.1 Å². The van der Waals surface area contributed by atoms with Crippen LogP contribution in [0.15, 0.2) is 24.3 Å². The Bertz CT molecular complexity index is 601. The van der Waals surface area contributed by atoms with Crippen LogP contribution in [0.2, 0.25) is 0 Å². The van der Waals surface area contributed by atoms with E-state index in [9.17, 15) is 4.39 Å². The summed E-state index contributed by atoms with van der Waals surface area (Å²) in [6, 6.07) is 6.83. The summed E-state index contributed by atoms with van der Waals surface area (Å²) in [5, 5.41) is 8.03. The standard InChI is InChI=1S/C15H18FN3/c1-10(2)15-11-9-17-8-7-13(11)19(18-15)14-6-4-3-5-12(14)16/h3-6,10,17H,7-9H2,1-2H3. The normalized spacial score (nSPS) is 14.7. The van der Waals surface area contributed by atoms with E-state index >= 15 is 0 Å². The van der Waals surface area contributed by atoms with Crippen molar-refractivity contribution in [3.8, 4) is 5.69 Å². The molecule has 0 unspecified atom stereocenters. The fraction of sp³-hybridized carbons (Fsp3) is 0.400. The van der Waals surface area contributed by atoms with Gasteiger partial charge in [-0.2, -0.15) is 5.10 Å². The Labute approximate surface area is 112 Å². The van der Waals surface area contributed by atoms with Gasteiger partial charge in [0.15, 0.2) is 0 Å². The third-order valence-corrected chi connectivity index (χ3v) is 3.59. The van der Waals surface area contributed by atoms with Crippen molar-refractivity contribution in [3.63, 3.8) is 0 Å². The summed E-state index contributed by atoms with van der Waals surface area (Å²) in [5.74, 6) is 0.128. The minimum Gasteiger partial charge on any atom is -0.312 e. The highest BCUT2D eigenvalue weighted by Crippen LogP contribution is 2.27. The monoisotopic (exact) mass is 259 g/mol. The summed E-state index contributed by atoms with van der Waals surface area (Å²) in [5.41, 5.74) is 4.01. The second-order valence-electron chi connectivity index (χ2n) is 5.26. The Morgan fingerprint density at radius 3 is 2.84 bits per heavy atom. The van der Waals surface area contributed by atoms with Crippen LogP contribution in [-0.2, 0) is 13.0 Å². The predicted octanol–water partition coefficient (Wildman–Crippen LogP) is 2.78. The van der Waals surface area contributed by atoms with Gasteiger partial charge in [0.1, 0.15) is 11.5 Å². The van der Waals surface area contributed by atoms with Crippen LogP contribution in [0.5, 0.6) is 0 Å². The fourth-order valence-electron chi connectivity index (χ4n) is 2.66. The van der Waals surface area contributed by atoms with Crippen LogP contribution in [0.25, 0.3) is 5.69 Å². The van der Waals surface area contributed by atoms with Crippen molar-refractivity contribution in [1.82, 2.24) is 15.1 Å². The third kappa shape index (κ3) is 2.06. The molecule has 0 amide bonds. The number of rotatable bonds is 2. The molecule has 0 aliphatic carbocycles. The highest BCUT2D eigenvalue weighted by atomic mass is 19.1. The Balaban J connectivity index is 2.19. The molecule has 4 heteroatoms. The molecule has 0 saturated carbocycles. The molecule has 3 rings (SSSR count). The second-order valence-corrected chi connectivity index (χ2v) is 5.26. The van der Waals surface area contributed by atoms with E-state index in [2.05, 4.69) is 24.3 Å². The lowest BCUT2D eigenvalue weighted by atomic mass is 10.0. The molecule has 0 saturated heterocycles. The first-order valence-corrected chi connectivity index (χ1v) is 6.74. The zero-order chi connectivity index (χ0) is 13.4. The molecule has 19 heavy (non-hydrogen) atoms. The van der Waals surface area contributed by atoms with Gasteiger partial charge in [-0.1, -0.05) is 26.0 Å². The molecule has 0 radical (unpaired) electrons. The van der Waals surface area contributed by atoms with Gasteiger partial charge in [0.25, 0.3) is 0 Å². The quantitative estimate of drug-likeness (QED) is 0.898. The molecular formula is C15H18FN3. The Kier molecular flexibility index (Phi) is 3.11. The first kappa shape index (κ1) is 12.4. The maximum Gasteiger partial charge on any atom is 0.148 e. The number of halogens is 1. The molecule has 1 aliphatic rings. The van der Waals surface area contributed by atoms with Crippen molar-refractivity contribution in [2.24, 2.45) is 0 Å². The molecule has 100 valence electrons. The summed E-state index contributed by atoms with van der Waals surface area (Å²) in [7, 11) is 0. The molecule has 3 nitrogen and oxygen atoms in total. The molecule has 0 atom stereocenters. The molecule has 0 bridgehead atoms. The van der Waals surface area contributed by atoms with Gasteiger partial charge < -0.3 is 5.32 Å². The number of benzene rings is 1. The first-order valence-electron chi connectivity index (χ1n) is 6.74. The smallest absolute Gasteiger partial charge is 0.148 e. The number of para-hydroxylation sites is 1. The lowest BCUT2D eigenvalue weighted by Crippen LogP contribution is -2.25. The number of fused-ring (bicyclic) bond motifs is 1. The summed E-state index contributed by atoms with van der Waals surface area (Å²) in [6.45, 7) is 6.01. The van der Waals surface area contributed by atoms with Gasteiger partial charge in [-0.15, -0.1) is 0 Å². The van der Waals surface area contributed by atoms with Crippen LogP contribution in [0.3, 0.4) is 0 Å². The van der Waals surface area contributed by atoms with Crippen LogP contribution in [0.1, 0.15) is 36.7 Å². The summed E-state index contributed by atoms with van der Waals surface area (Å²) >= 11 is 0. The van der Waals surface area contributed by atoms with Crippen molar-refractivity contribution in [2.45, 2.75) is 32.7 Å². The lowest BCUT2D eigenvalue weighted by molar-refractivity contribution is 0.591. The molecular weight excluding hydrogens is 241 g/mol. The summed E-state index contributed by atoms with van der Waals surface area (Å²) in [4.78, 5) is 0. The molecule has 1 aliphatic heterocycles. The van der Waals surface area contributed by atoms with E-state index < -0.39 is 0 Å². The molecule has 0 spiro atoms. The lowest BCUT2D eigenvalue weighted by Gasteiger charge is -2.16. The Morgan fingerprint density at radius 2 is 2.11 bits per heavy atom. The third-order valence-electron chi connectivity index (χ3n) is 3.59. The van der Waals surface area contributed by atoms with E-state index in [0.717, 1.165) is 30.9 Å². The molecule has 0 fully saturated rings. The summed E-state index contributed by atoms with van der Waals surface area (Å²) < 4.78 is 15.8. The molecule has 1 aromatic carbocycles. The molecule has 1 N–H and O–H groups in total. The van der Waals surface area contributed by atoms with Crippen molar-refractivity contribution in [3.05, 3.63) is 47.0 Å². The van der Waals surface area contributed by atoms with E-state index in [1.165, 1.54) is 11.6 Å². The maximum atomic E-state index is 14.0. The van der Waals surface area contributed by atoms with Crippen LogP contribution < -0.4 is 5.32 Å². The average Bonchev–Trinajstić information content (AvgIpc) is 2.79. The maximum absolute atomic E-state index is 14.0. The van der Waals surface area contributed by atoms with Crippen molar-refractivity contribution < 1.29 is 4.39 Å². The average molecular weight is 259 g/mol. The number of aromatic nitrogens is 2. The number of nitrogens with one attached hydrogen (secondary N) is 1. The van der Waals surface area contributed by atoms with Crippen LogP contribution in [0, 0.1) is 5.82 Å². The van der Waals surface area contributed by atoms with Crippen LogP contribution in [-0.4, -0.2) is 16.3 Å².